The van der Waals surface area contributed by atoms with Crippen molar-refractivity contribution in [2.45, 2.75) is 168 Å². The normalized spacial score (nSPS) is 13.7. The molecule has 0 amide bonds. The minimum Gasteiger partial charge on any atom is -0.462 e. The zero-order valence-electron chi connectivity index (χ0n) is 29.3. The van der Waals surface area contributed by atoms with Gasteiger partial charge in [-0.25, -0.2) is 4.57 Å². The van der Waals surface area contributed by atoms with Crippen molar-refractivity contribution < 1.29 is 37.6 Å². The highest BCUT2D eigenvalue weighted by Crippen LogP contribution is 2.43. The van der Waals surface area contributed by atoms with Crippen LogP contribution in [0.25, 0.3) is 0 Å². The molecule has 0 heterocycles. The van der Waals surface area contributed by atoms with E-state index in [2.05, 4.69) is 38.2 Å². The van der Waals surface area contributed by atoms with Crippen molar-refractivity contribution in [3.05, 3.63) is 24.3 Å². The van der Waals surface area contributed by atoms with Gasteiger partial charge in [-0.15, -0.1) is 0 Å². The highest BCUT2D eigenvalue weighted by molar-refractivity contribution is 7.47. The number of hydrogen-bond acceptors (Lipinski definition) is 8. The summed E-state index contributed by atoms with van der Waals surface area (Å²) in [6, 6.07) is 0. The minimum atomic E-state index is -4.36. The second-order valence-corrected chi connectivity index (χ2v) is 13.5. The highest BCUT2D eigenvalue weighted by Gasteiger charge is 2.25. The fraction of sp³-hybridized carbons (Fsp3) is 0.833. The van der Waals surface area contributed by atoms with Gasteiger partial charge < -0.3 is 20.1 Å². The van der Waals surface area contributed by atoms with Crippen molar-refractivity contribution in [1.82, 2.24) is 0 Å². The van der Waals surface area contributed by atoms with Gasteiger partial charge in [-0.3, -0.25) is 18.6 Å². The summed E-state index contributed by atoms with van der Waals surface area (Å²) in [5.41, 5.74) is 5.32. The third kappa shape index (κ3) is 32.4. The van der Waals surface area contributed by atoms with Crippen molar-refractivity contribution >= 4 is 19.8 Å². The molecule has 3 N–H and O–H groups in total. The summed E-state index contributed by atoms with van der Waals surface area (Å²) in [6.45, 7) is 3.65. The molecule has 0 bridgehead atoms. The average Bonchev–Trinajstić information content (AvgIpc) is 3.04. The zero-order chi connectivity index (χ0) is 34.0. The monoisotopic (exact) mass is 673 g/mol. The molecule has 9 nitrogen and oxygen atoms in total. The van der Waals surface area contributed by atoms with Crippen LogP contribution >= 0.6 is 7.82 Å². The van der Waals surface area contributed by atoms with Crippen LogP contribution in [0.1, 0.15) is 162 Å². The molecule has 0 aliphatic carbocycles. The number of hydrogen-bond donors (Lipinski definition) is 2. The van der Waals surface area contributed by atoms with E-state index in [4.69, 9.17) is 24.3 Å². The lowest BCUT2D eigenvalue weighted by molar-refractivity contribution is -0.161. The smallest absolute Gasteiger partial charge is 0.462 e. The Morgan fingerprint density at radius 1 is 0.652 bits per heavy atom. The van der Waals surface area contributed by atoms with Gasteiger partial charge in [-0.1, -0.05) is 128 Å². The number of allylic oxidation sites excluding steroid dienone is 4. The summed E-state index contributed by atoms with van der Waals surface area (Å²) in [7, 11) is -4.36. The van der Waals surface area contributed by atoms with Crippen molar-refractivity contribution in [3.63, 3.8) is 0 Å². The van der Waals surface area contributed by atoms with Gasteiger partial charge >= 0.3 is 19.8 Å². The zero-order valence-corrected chi connectivity index (χ0v) is 30.2. The molecular weight excluding hydrogens is 605 g/mol. The third-order valence-electron chi connectivity index (χ3n) is 7.59. The lowest BCUT2D eigenvalue weighted by atomic mass is 10.1. The molecule has 0 aromatic rings. The summed E-state index contributed by atoms with van der Waals surface area (Å²) in [4.78, 5) is 34.5. The molecule has 0 spiro atoms. The molecule has 1 unspecified atom stereocenters. The maximum absolute atomic E-state index is 12.5. The first kappa shape index (κ1) is 44.5. The molecule has 0 saturated heterocycles. The molecule has 0 aliphatic heterocycles. The number of carbonyl (C=O) groups is 2. The SMILES string of the molecule is CCCCC/C=C/C/C=C/CCCCCCCCCC(=O)O[C@H](COC(=O)CCCCCCCCCC)COP(=O)(O)OCCN. The van der Waals surface area contributed by atoms with Crippen LogP contribution in [0.3, 0.4) is 0 Å². The Labute approximate surface area is 281 Å². The first-order valence-corrected chi connectivity index (χ1v) is 19.8. The van der Waals surface area contributed by atoms with Crippen molar-refractivity contribution in [3.8, 4) is 0 Å². The Hall–Kier alpha value is -1.51. The summed E-state index contributed by atoms with van der Waals surface area (Å²) in [5, 5.41) is 0. The summed E-state index contributed by atoms with van der Waals surface area (Å²) in [6.07, 6.45) is 32.2. The number of unbranched alkanes of at least 4 members (excludes halogenated alkanes) is 17. The van der Waals surface area contributed by atoms with Gasteiger partial charge in [0.25, 0.3) is 0 Å². The second kappa shape index (κ2) is 33.4. The van der Waals surface area contributed by atoms with Gasteiger partial charge in [0.2, 0.25) is 0 Å². The van der Waals surface area contributed by atoms with Crippen molar-refractivity contribution in [1.29, 1.82) is 0 Å². The largest absolute Gasteiger partial charge is 0.472 e. The number of phosphoric acid groups is 1. The molecule has 0 rings (SSSR count). The van der Waals surface area contributed by atoms with Crippen molar-refractivity contribution in [2.75, 3.05) is 26.4 Å². The molecule has 0 fully saturated rings. The fourth-order valence-electron chi connectivity index (χ4n) is 4.84. The summed E-state index contributed by atoms with van der Waals surface area (Å²) in [5.74, 6) is -0.842. The van der Waals surface area contributed by atoms with E-state index in [9.17, 15) is 19.0 Å². The van der Waals surface area contributed by atoms with E-state index in [-0.39, 0.29) is 38.6 Å². The number of esters is 2. The van der Waals surface area contributed by atoms with E-state index >= 15 is 0 Å². The quantitative estimate of drug-likeness (QED) is 0.0296. The Kier molecular flexibility index (Phi) is 32.3. The van der Waals surface area contributed by atoms with E-state index in [1.165, 1.54) is 77.0 Å². The molecule has 10 heteroatoms. The predicted molar refractivity (Wildman–Crippen MR) is 187 cm³/mol. The van der Waals surface area contributed by atoms with Crippen LogP contribution in [0.2, 0.25) is 0 Å². The Bertz CT molecular complexity index is 820. The molecule has 0 aromatic carbocycles. The predicted octanol–water partition coefficient (Wildman–Crippen LogP) is 9.66. The molecule has 0 radical (unpaired) electrons. The van der Waals surface area contributed by atoms with Crippen LogP contribution in [-0.2, 0) is 32.7 Å². The van der Waals surface area contributed by atoms with Gasteiger partial charge in [0.1, 0.15) is 6.61 Å². The van der Waals surface area contributed by atoms with E-state index in [1.807, 2.05) is 0 Å². The maximum atomic E-state index is 12.5. The van der Waals surface area contributed by atoms with E-state index < -0.39 is 26.5 Å². The Balaban J connectivity index is 4.20. The van der Waals surface area contributed by atoms with E-state index in [1.54, 1.807) is 0 Å². The number of carbonyl (C=O) groups excluding carboxylic acids is 2. The van der Waals surface area contributed by atoms with Crippen LogP contribution in [0.5, 0.6) is 0 Å². The Morgan fingerprint density at radius 3 is 1.70 bits per heavy atom. The molecule has 46 heavy (non-hydrogen) atoms. The van der Waals surface area contributed by atoms with Crippen LogP contribution in [0.15, 0.2) is 24.3 Å². The first-order valence-electron chi connectivity index (χ1n) is 18.3. The van der Waals surface area contributed by atoms with Gasteiger partial charge in [-0.2, -0.15) is 0 Å². The molecule has 0 aliphatic rings. The molecular formula is C36H68NO8P. The van der Waals surface area contributed by atoms with Crippen LogP contribution < -0.4 is 5.73 Å². The molecule has 0 saturated carbocycles. The molecule has 270 valence electrons. The summed E-state index contributed by atoms with van der Waals surface area (Å²) < 4.78 is 32.5. The van der Waals surface area contributed by atoms with Crippen LogP contribution in [0.4, 0.5) is 0 Å². The summed E-state index contributed by atoms with van der Waals surface area (Å²) >= 11 is 0. The lowest BCUT2D eigenvalue weighted by Gasteiger charge is -2.19. The number of nitrogens with two attached hydrogens (primary N) is 1. The topological polar surface area (TPSA) is 134 Å². The minimum absolute atomic E-state index is 0.0530. The number of phosphoric ester groups is 1. The van der Waals surface area contributed by atoms with Gasteiger partial charge in [0, 0.05) is 19.4 Å². The first-order chi connectivity index (χ1) is 22.3. The number of rotatable bonds is 34. The van der Waals surface area contributed by atoms with Gasteiger partial charge in [0.05, 0.1) is 13.2 Å². The maximum Gasteiger partial charge on any atom is 0.472 e. The Morgan fingerprint density at radius 2 is 1.13 bits per heavy atom. The lowest BCUT2D eigenvalue weighted by Crippen LogP contribution is -2.29. The molecule has 2 atom stereocenters. The highest BCUT2D eigenvalue weighted by atomic mass is 31.2. The second-order valence-electron chi connectivity index (χ2n) is 12.1. The van der Waals surface area contributed by atoms with Crippen molar-refractivity contribution in [2.24, 2.45) is 5.73 Å². The van der Waals surface area contributed by atoms with Crippen LogP contribution in [-0.4, -0.2) is 49.3 Å². The third-order valence-corrected chi connectivity index (χ3v) is 8.57. The number of ether oxygens (including phenoxy) is 2. The average molecular weight is 674 g/mol. The standard InChI is InChI=1S/C36H68NO8P/c1-3-5-7-9-11-13-14-15-16-17-18-19-20-21-23-25-27-29-36(39)45-34(33-44-46(40,41)43-31-30-37)32-42-35(38)28-26-24-22-12-10-8-6-4-2/h11,13,15-16,34H,3-10,12,14,17-33,37H2,1-2H3,(H,40,41)/b13-11+,16-15+/t34-/m1/s1. The van der Waals surface area contributed by atoms with Gasteiger partial charge in [-0.05, 0) is 44.9 Å². The van der Waals surface area contributed by atoms with Gasteiger partial charge in [0.15, 0.2) is 6.10 Å². The van der Waals surface area contributed by atoms with Crippen LogP contribution in [0, 0.1) is 0 Å². The fourth-order valence-corrected chi connectivity index (χ4v) is 5.60. The van der Waals surface area contributed by atoms with E-state index in [0.29, 0.717) is 6.42 Å². The van der Waals surface area contributed by atoms with E-state index in [0.717, 1.165) is 51.4 Å². The molecule has 0 aromatic heterocycles.